The second kappa shape index (κ2) is 9.38. The minimum atomic E-state index is -2.93. The van der Waals surface area contributed by atoms with E-state index in [1.807, 2.05) is 25.3 Å². The average Bonchev–Trinajstić information content (AvgIpc) is 3.20. The first-order chi connectivity index (χ1) is 13.9. The van der Waals surface area contributed by atoms with E-state index in [-0.39, 0.29) is 11.5 Å². The highest BCUT2D eigenvalue weighted by Gasteiger charge is 2.33. The smallest absolute Gasteiger partial charge is 0.387 e. The van der Waals surface area contributed by atoms with Gasteiger partial charge >= 0.3 is 6.61 Å². The Labute approximate surface area is 171 Å². The lowest BCUT2D eigenvalue weighted by Crippen LogP contribution is -2.51. The minimum absolute atomic E-state index is 0.0187. The molecule has 0 radical (unpaired) electrons. The molecule has 0 saturated carbocycles. The Kier molecular flexibility index (Phi) is 6.66. The zero-order chi connectivity index (χ0) is 20.8. The number of hydrogen-bond donors (Lipinski definition) is 1. The first-order valence-corrected chi connectivity index (χ1v) is 9.21. The van der Waals surface area contributed by atoms with E-state index in [1.165, 1.54) is 24.3 Å². The molecule has 0 amide bonds. The summed E-state index contributed by atoms with van der Waals surface area (Å²) < 4.78 is 36.0. The molecule has 0 saturated heterocycles. The number of carbonyl (C=O) groups excluding carboxylic acids is 1. The normalized spacial score (nSPS) is 11.9. The number of thiocarbonyl (C=S) groups is 1. The summed E-state index contributed by atoms with van der Waals surface area (Å²) in [6.45, 7) is -0.678. The topological polar surface area (TPSA) is 55.4 Å². The van der Waals surface area contributed by atoms with Crippen LogP contribution in [0.2, 0.25) is 0 Å². The van der Waals surface area contributed by atoms with Crippen molar-refractivity contribution in [2.24, 2.45) is 0 Å². The Morgan fingerprint density at radius 2 is 1.97 bits per heavy atom. The highest BCUT2D eigenvalue weighted by molar-refractivity contribution is 7.80. The molecule has 0 unspecified atom stereocenters. The zero-order valence-electron chi connectivity index (χ0n) is 15.5. The highest BCUT2D eigenvalue weighted by Crippen LogP contribution is 2.18. The molecule has 0 bridgehead atoms. The van der Waals surface area contributed by atoms with Crippen LogP contribution in [-0.2, 0) is 6.54 Å². The molecule has 1 aromatic carbocycles. The fraction of sp³-hybridized carbons (Fsp3) is 0.190. The van der Waals surface area contributed by atoms with Crippen LogP contribution in [-0.4, -0.2) is 17.4 Å². The van der Waals surface area contributed by atoms with Gasteiger partial charge in [0.2, 0.25) is 5.78 Å². The van der Waals surface area contributed by atoms with Gasteiger partial charge in [-0.1, -0.05) is 12.2 Å². The number of halogens is 2. The number of carbonyl (C=O) groups is 1. The van der Waals surface area contributed by atoms with Crippen LogP contribution in [0.4, 0.5) is 8.78 Å². The van der Waals surface area contributed by atoms with Gasteiger partial charge in [-0.2, -0.15) is 13.3 Å². The summed E-state index contributed by atoms with van der Waals surface area (Å²) in [5, 5.41) is 3.06. The van der Waals surface area contributed by atoms with Crippen LogP contribution >= 0.6 is 12.2 Å². The van der Waals surface area contributed by atoms with Gasteiger partial charge < -0.3 is 14.5 Å². The predicted octanol–water partition coefficient (Wildman–Crippen LogP) is 4.02. The van der Waals surface area contributed by atoms with E-state index in [9.17, 15) is 13.6 Å². The van der Waals surface area contributed by atoms with Gasteiger partial charge in [-0.25, -0.2) is 0 Å². The quantitative estimate of drug-likeness (QED) is 0.341. The lowest BCUT2D eigenvalue weighted by Gasteiger charge is -2.15. The number of Topliss-reactive ketones (excluding diaryl/α,β-unsaturated/α-hetero) is 1. The van der Waals surface area contributed by atoms with Crippen molar-refractivity contribution in [2.45, 2.75) is 26.1 Å². The van der Waals surface area contributed by atoms with Crippen molar-refractivity contribution in [3.8, 4) is 5.75 Å². The Balaban J connectivity index is 1.85. The number of nitrogens with zero attached hydrogens (tertiary/aromatic N) is 1. The maximum Gasteiger partial charge on any atom is 0.387 e. The number of alkyl halides is 2. The van der Waals surface area contributed by atoms with Gasteiger partial charge in [0.1, 0.15) is 11.5 Å². The summed E-state index contributed by atoms with van der Waals surface area (Å²) >= 11 is 5.51. The molecule has 0 aliphatic rings. The molecule has 2 heterocycles. The Hall–Kier alpha value is -3.13. The van der Waals surface area contributed by atoms with Crippen LogP contribution in [0.1, 0.15) is 27.7 Å². The van der Waals surface area contributed by atoms with Crippen LogP contribution in [0, 0.1) is 6.92 Å². The summed E-state index contributed by atoms with van der Waals surface area (Å²) in [6, 6.07) is 12.0. The van der Waals surface area contributed by atoms with E-state index in [1.54, 1.807) is 29.2 Å². The van der Waals surface area contributed by atoms with E-state index < -0.39 is 12.7 Å². The van der Waals surface area contributed by atoms with Crippen LogP contribution in [0.5, 0.6) is 5.75 Å². The summed E-state index contributed by atoms with van der Waals surface area (Å²) in [5.74, 6) is 0.386. The van der Waals surface area contributed by atoms with Crippen molar-refractivity contribution in [1.82, 2.24) is 5.32 Å². The summed E-state index contributed by atoms with van der Waals surface area (Å²) in [7, 11) is 0. The first kappa shape index (κ1) is 20.6. The summed E-state index contributed by atoms with van der Waals surface area (Å²) in [4.78, 5) is 13.5. The summed E-state index contributed by atoms with van der Waals surface area (Å²) in [6.07, 6.45) is 5.13. The van der Waals surface area contributed by atoms with Crippen molar-refractivity contribution < 1.29 is 27.3 Å². The van der Waals surface area contributed by atoms with Crippen molar-refractivity contribution in [3.05, 3.63) is 84.1 Å². The van der Waals surface area contributed by atoms with Crippen LogP contribution in [0.15, 0.2) is 71.6 Å². The van der Waals surface area contributed by atoms with E-state index in [0.717, 1.165) is 5.56 Å². The van der Waals surface area contributed by atoms with Crippen LogP contribution in [0.25, 0.3) is 0 Å². The van der Waals surface area contributed by atoms with Crippen molar-refractivity contribution in [2.75, 3.05) is 0 Å². The molecule has 5 nitrogen and oxygen atoms in total. The maximum absolute atomic E-state index is 13.2. The predicted molar refractivity (Wildman–Crippen MR) is 106 cm³/mol. The van der Waals surface area contributed by atoms with Gasteiger partial charge in [-0.15, -0.1) is 0 Å². The molecular formula is C21H19F2N2O3S+. The Morgan fingerprint density at radius 1 is 1.21 bits per heavy atom. The molecule has 0 aliphatic carbocycles. The molecule has 8 heteroatoms. The van der Waals surface area contributed by atoms with Crippen molar-refractivity contribution >= 4 is 23.0 Å². The van der Waals surface area contributed by atoms with Crippen molar-refractivity contribution in [3.63, 3.8) is 0 Å². The van der Waals surface area contributed by atoms with E-state index in [0.29, 0.717) is 22.9 Å². The molecule has 3 aromatic rings. The second-order valence-electron chi connectivity index (χ2n) is 6.30. The number of pyridine rings is 1. The third kappa shape index (κ3) is 5.45. The molecule has 1 atom stereocenters. The zero-order valence-corrected chi connectivity index (χ0v) is 16.4. The largest absolute Gasteiger partial charge is 0.467 e. The van der Waals surface area contributed by atoms with Crippen LogP contribution in [0.3, 0.4) is 0 Å². The number of hydrogen-bond acceptors (Lipinski definition) is 4. The minimum Gasteiger partial charge on any atom is -0.467 e. The van der Waals surface area contributed by atoms with Gasteiger partial charge in [0, 0.05) is 17.2 Å². The number of aromatic nitrogens is 1. The number of aryl methyl sites for hydroxylation is 1. The fourth-order valence-electron chi connectivity index (χ4n) is 2.81. The number of ketones is 1. The third-order valence-electron chi connectivity index (χ3n) is 4.15. The molecule has 150 valence electrons. The van der Waals surface area contributed by atoms with E-state index in [4.69, 9.17) is 16.6 Å². The number of rotatable bonds is 8. The molecule has 29 heavy (non-hydrogen) atoms. The first-order valence-electron chi connectivity index (χ1n) is 8.80. The van der Waals surface area contributed by atoms with Crippen molar-refractivity contribution in [1.29, 1.82) is 0 Å². The number of ether oxygens (including phenoxy) is 1. The number of nitrogens with one attached hydrogen (secondary N) is 1. The van der Waals surface area contributed by atoms with E-state index in [2.05, 4.69) is 10.1 Å². The third-order valence-corrected chi connectivity index (χ3v) is 4.51. The molecule has 0 aliphatic heterocycles. The average molecular weight is 417 g/mol. The maximum atomic E-state index is 13.2. The Morgan fingerprint density at radius 3 is 2.59 bits per heavy atom. The molecule has 2 aromatic heterocycles. The molecule has 0 fully saturated rings. The Bertz CT molecular complexity index is 976. The standard InChI is InChI=1S/C21H18F2N2O3S/c1-14-4-2-10-25(13-14)18(20(29)24-12-17-5-3-11-27-17)19(26)15-6-8-16(9-7-15)28-21(22)23/h2-11,13,18,21H,12H2,1H3/p+1/t18-/m0/s1. The lowest BCUT2D eigenvalue weighted by atomic mass is 10.0. The van der Waals surface area contributed by atoms with E-state index >= 15 is 0 Å². The monoisotopic (exact) mass is 417 g/mol. The molecule has 1 N–H and O–H groups in total. The second-order valence-corrected chi connectivity index (χ2v) is 6.74. The highest BCUT2D eigenvalue weighted by atomic mass is 32.1. The van der Waals surface area contributed by atoms with Gasteiger partial charge in [0.15, 0.2) is 17.4 Å². The van der Waals surface area contributed by atoms with Crippen LogP contribution < -0.4 is 14.6 Å². The van der Waals surface area contributed by atoms with Gasteiger partial charge in [0.25, 0.3) is 6.04 Å². The van der Waals surface area contributed by atoms with Gasteiger partial charge in [-0.3, -0.25) is 4.79 Å². The molecule has 3 rings (SSSR count). The fourth-order valence-corrected chi connectivity index (χ4v) is 3.11. The lowest BCUT2D eigenvalue weighted by molar-refractivity contribution is -0.692. The number of furan rings is 1. The number of benzene rings is 1. The van der Waals surface area contributed by atoms with Gasteiger partial charge in [0.05, 0.1) is 12.8 Å². The summed E-state index contributed by atoms with van der Waals surface area (Å²) in [5.41, 5.74) is 1.28. The SMILES string of the molecule is Cc1ccc[n+]([C@@H](C(=O)c2ccc(OC(F)F)cc2)C(=S)NCc2ccco2)c1. The van der Waals surface area contributed by atoms with Gasteiger partial charge in [-0.05, 0) is 49.4 Å². The molecule has 0 spiro atoms. The molecular weight excluding hydrogens is 398 g/mol.